The molecule has 1 N–H and O–H groups in total. The molecule has 20 heavy (non-hydrogen) atoms. The number of aryl methyl sites for hydroxylation is 2. The van der Waals surface area contributed by atoms with Crippen LogP contribution in [0, 0.1) is 13.8 Å². The second kappa shape index (κ2) is 7.95. The molecule has 0 saturated carbocycles. The Morgan fingerprint density at radius 1 is 1.35 bits per heavy atom. The number of halogens is 3. The Hall–Kier alpha value is -0.660. The summed E-state index contributed by atoms with van der Waals surface area (Å²) in [5.41, 5.74) is 0.982. The molecule has 7 heteroatoms. The van der Waals surface area contributed by atoms with Crippen molar-refractivity contribution in [3.8, 4) is 0 Å². The number of hydrogen-bond acceptors (Lipinski definition) is 4. The molecule has 3 nitrogen and oxygen atoms in total. The van der Waals surface area contributed by atoms with Gasteiger partial charge in [-0.1, -0.05) is 6.92 Å². The van der Waals surface area contributed by atoms with Crippen LogP contribution in [0.15, 0.2) is 0 Å². The highest BCUT2D eigenvalue weighted by Gasteiger charge is 2.28. The summed E-state index contributed by atoms with van der Waals surface area (Å²) in [6.07, 6.45) is -2.76. The quantitative estimate of drug-likeness (QED) is 0.800. The predicted octanol–water partition coefficient (Wildman–Crippen LogP) is 3.25. The van der Waals surface area contributed by atoms with Crippen LogP contribution in [0.25, 0.3) is 0 Å². The highest BCUT2D eigenvalue weighted by Crippen LogP contribution is 2.19. The van der Waals surface area contributed by atoms with Crippen LogP contribution in [0.3, 0.4) is 0 Å². The maximum Gasteiger partial charge on any atom is 0.411 e. The Kier molecular flexibility index (Phi) is 6.91. The van der Waals surface area contributed by atoms with Gasteiger partial charge >= 0.3 is 6.18 Å². The fourth-order valence-electron chi connectivity index (χ4n) is 1.69. The lowest BCUT2D eigenvalue weighted by Crippen LogP contribution is -2.37. The summed E-state index contributed by atoms with van der Waals surface area (Å²) in [6.45, 7) is 5.53. The van der Waals surface area contributed by atoms with Crippen molar-refractivity contribution in [2.75, 3.05) is 19.8 Å². The third kappa shape index (κ3) is 6.67. The molecule has 0 aromatic carbocycles. The van der Waals surface area contributed by atoms with Gasteiger partial charge in [-0.15, -0.1) is 11.3 Å². The van der Waals surface area contributed by atoms with Gasteiger partial charge in [-0.3, -0.25) is 0 Å². The number of thiazole rings is 1. The number of nitrogens with one attached hydrogen (secondary N) is 1. The summed E-state index contributed by atoms with van der Waals surface area (Å²) >= 11 is 1.59. The number of hydrogen-bond donors (Lipinski definition) is 1. The maximum atomic E-state index is 12.1. The lowest BCUT2D eigenvalue weighted by atomic mass is 10.2. The molecular weight excluding hydrogens is 289 g/mol. The summed E-state index contributed by atoms with van der Waals surface area (Å²) in [5, 5.41) is 4.14. The van der Waals surface area contributed by atoms with Gasteiger partial charge in [-0.25, -0.2) is 4.98 Å². The molecule has 0 aliphatic carbocycles. The van der Waals surface area contributed by atoms with Crippen LogP contribution in [0.2, 0.25) is 0 Å². The Balaban J connectivity index is 2.50. The molecule has 0 fully saturated rings. The van der Waals surface area contributed by atoms with E-state index in [0.717, 1.165) is 28.5 Å². The number of alkyl halides is 3. The number of rotatable bonds is 8. The van der Waals surface area contributed by atoms with E-state index >= 15 is 0 Å². The summed E-state index contributed by atoms with van der Waals surface area (Å²) < 4.78 is 41.0. The van der Waals surface area contributed by atoms with Crippen molar-refractivity contribution in [1.29, 1.82) is 0 Å². The second-order valence-corrected chi connectivity index (χ2v) is 6.02. The zero-order valence-electron chi connectivity index (χ0n) is 12.0. The van der Waals surface area contributed by atoms with Crippen LogP contribution in [-0.2, 0) is 11.2 Å². The number of nitrogens with zero attached hydrogens (tertiary/aromatic N) is 1. The Bertz CT molecular complexity index is 387. The van der Waals surface area contributed by atoms with E-state index in [1.54, 1.807) is 11.3 Å². The van der Waals surface area contributed by atoms with Crippen molar-refractivity contribution in [2.45, 2.75) is 45.8 Å². The minimum atomic E-state index is -4.27. The molecule has 1 aromatic heterocycles. The third-order valence-electron chi connectivity index (χ3n) is 2.76. The van der Waals surface area contributed by atoms with Gasteiger partial charge in [0.05, 0.1) is 17.3 Å². The molecule has 1 atom stereocenters. The average molecular weight is 310 g/mol. The molecule has 0 aliphatic rings. The first-order valence-corrected chi connectivity index (χ1v) is 7.44. The van der Waals surface area contributed by atoms with E-state index in [1.165, 1.54) is 0 Å². The van der Waals surface area contributed by atoms with Crippen LogP contribution < -0.4 is 5.32 Å². The summed E-state index contributed by atoms with van der Waals surface area (Å²) in [5.74, 6) is 0. The van der Waals surface area contributed by atoms with Gasteiger partial charge in [0.1, 0.15) is 6.61 Å². The van der Waals surface area contributed by atoms with Gasteiger partial charge in [0.25, 0.3) is 0 Å². The van der Waals surface area contributed by atoms with Crippen molar-refractivity contribution >= 4 is 11.3 Å². The standard InChI is InChI=1S/C13H21F3N2OS/c1-4-5-17-11(7-19-8-13(14,15)16)6-12-18-9(2)10(3)20-12/h11,17H,4-8H2,1-3H3. The molecule has 1 heterocycles. The molecule has 0 amide bonds. The fraction of sp³-hybridized carbons (Fsp3) is 0.769. The SMILES string of the molecule is CCCNC(COCC(F)(F)F)Cc1nc(C)c(C)s1. The van der Waals surface area contributed by atoms with Crippen molar-refractivity contribution in [2.24, 2.45) is 0 Å². The minimum Gasteiger partial charge on any atom is -0.370 e. The normalized spacial score (nSPS) is 13.7. The highest BCUT2D eigenvalue weighted by molar-refractivity contribution is 7.11. The number of aromatic nitrogens is 1. The lowest BCUT2D eigenvalue weighted by Gasteiger charge is -2.18. The van der Waals surface area contributed by atoms with E-state index in [0.29, 0.717) is 6.42 Å². The highest BCUT2D eigenvalue weighted by atomic mass is 32.1. The molecule has 0 radical (unpaired) electrons. The topological polar surface area (TPSA) is 34.1 Å². The van der Waals surface area contributed by atoms with Crippen LogP contribution >= 0.6 is 11.3 Å². The smallest absolute Gasteiger partial charge is 0.370 e. The van der Waals surface area contributed by atoms with E-state index in [9.17, 15) is 13.2 Å². The van der Waals surface area contributed by atoms with Crippen LogP contribution in [0.4, 0.5) is 13.2 Å². The Morgan fingerprint density at radius 3 is 2.55 bits per heavy atom. The van der Waals surface area contributed by atoms with Crippen molar-refractivity contribution < 1.29 is 17.9 Å². The largest absolute Gasteiger partial charge is 0.411 e. The van der Waals surface area contributed by atoms with Crippen LogP contribution in [-0.4, -0.2) is 37.0 Å². The Labute approximate surface area is 121 Å². The first-order chi connectivity index (χ1) is 9.31. The lowest BCUT2D eigenvalue weighted by molar-refractivity contribution is -0.175. The van der Waals surface area contributed by atoms with Gasteiger partial charge in [-0.2, -0.15) is 13.2 Å². The molecule has 1 aromatic rings. The zero-order valence-corrected chi connectivity index (χ0v) is 12.8. The van der Waals surface area contributed by atoms with E-state index in [4.69, 9.17) is 4.74 Å². The first kappa shape index (κ1) is 17.4. The minimum absolute atomic E-state index is 0.0389. The average Bonchev–Trinajstić information content (AvgIpc) is 2.63. The van der Waals surface area contributed by atoms with Crippen LogP contribution in [0.1, 0.15) is 28.9 Å². The van der Waals surface area contributed by atoms with Gasteiger partial charge in [0, 0.05) is 17.3 Å². The predicted molar refractivity (Wildman–Crippen MR) is 74.2 cm³/mol. The van der Waals surface area contributed by atoms with Crippen molar-refractivity contribution in [3.63, 3.8) is 0 Å². The van der Waals surface area contributed by atoms with Crippen molar-refractivity contribution in [1.82, 2.24) is 10.3 Å². The molecule has 0 bridgehead atoms. The molecule has 116 valence electrons. The fourth-order valence-corrected chi connectivity index (χ4v) is 2.71. The molecule has 0 saturated heterocycles. The zero-order chi connectivity index (χ0) is 15.2. The van der Waals surface area contributed by atoms with Gasteiger partial charge in [-0.05, 0) is 26.8 Å². The van der Waals surface area contributed by atoms with Gasteiger partial charge in [0.15, 0.2) is 0 Å². The van der Waals surface area contributed by atoms with Gasteiger partial charge in [0.2, 0.25) is 0 Å². The second-order valence-electron chi connectivity index (χ2n) is 4.73. The summed E-state index contributed by atoms with van der Waals surface area (Å²) in [4.78, 5) is 5.56. The van der Waals surface area contributed by atoms with E-state index < -0.39 is 12.8 Å². The third-order valence-corrected chi connectivity index (χ3v) is 3.86. The maximum absolute atomic E-state index is 12.1. The monoisotopic (exact) mass is 310 g/mol. The molecule has 1 unspecified atom stereocenters. The van der Waals surface area contributed by atoms with E-state index in [2.05, 4.69) is 10.3 Å². The molecule has 0 aliphatic heterocycles. The molecule has 1 rings (SSSR count). The van der Waals surface area contributed by atoms with E-state index in [1.807, 2.05) is 20.8 Å². The van der Waals surface area contributed by atoms with Crippen molar-refractivity contribution in [3.05, 3.63) is 15.6 Å². The first-order valence-electron chi connectivity index (χ1n) is 6.62. The molecule has 0 spiro atoms. The summed E-state index contributed by atoms with van der Waals surface area (Å²) in [7, 11) is 0. The number of ether oxygens (including phenoxy) is 1. The molecular formula is C13H21F3N2OS. The summed E-state index contributed by atoms with van der Waals surface area (Å²) in [6, 6.07) is -0.137. The van der Waals surface area contributed by atoms with E-state index in [-0.39, 0.29) is 12.6 Å². The Morgan fingerprint density at radius 2 is 2.05 bits per heavy atom. The van der Waals surface area contributed by atoms with Gasteiger partial charge < -0.3 is 10.1 Å². The van der Waals surface area contributed by atoms with Crippen LogP contribution in [0.5, 0.6) is 0 Å².